The molecule has 0 atom stereocenters. The Morgan fingerprint density at radius 3 is 2.81 bits per heavy atom. The second-order valence-corrected chi connectivity index (χ2v) is 6.82. The minimum Gasteiger partial charge on any atom is -0.339 e. The molecule has 4 nitrogen and oxygen atoms in total. The van der Waals surface area contributed by atoms with Crippen LogP contribution in [0.5, 0.6) is 0 Å². The number of nitrogens with zero attached hydrogens (tertiary/aromatic N) is 3. The highest BCUT2D eigenvalue weighted by molar-refractivity contribution is 7.16. The van der Waals surface area contributed by atoms with E-state index in [2.05, 4.69) is 22.2 Å². The molecule has 21 heavy (non-hydrogen) atoms. The molecule has 2 aromatic rings. The lowest BCUT2D eigenvalue weighted by Crippen LogP contribution is -2.20. The van der Waals surface area contributed by atoms with Gasteiger partial charge in [0.1, 0.15) is 0 Å². The highest BCUT2D eigenvalue weighted by Crippen LogP contribution is 2.23. The third-order valence-electron chi connectivity index (χ3n) is 3.17. The number of hydrogen-bond donors (Lipinski definition) is 1. The second kappa shape index (κ2) is 7.73. The molecule has 0 aliphatic rings. The largest absolute Gasteiger partial charge is 0.339 e. The first kappa shape index (κ1) is 16.2. The molecule has 0 unspecified atom stereocenters. The van der Waals surface area contributed by atoms with E-state index in [-0.39, 0.29) is 0 Å². The van der Waals surface area contributed by atoms with Crippen molar-refractivity contribution in [2.45, 2.75) is 33.4 Å². The van der Waals surface area contributed by atoms with Crippen molar-refractivity contribution in [2.75, 3.05) is 18.5 Å². The number of halogens is 1. The number of aryl methyl sites for hydroxylation is 1. The average molecular weight is 325 g/mol. The Hall–Kier alpha value is -1.17. The van der Waals surface area contributed by atoms with E-state index in [1.165, 1.54) is 4.88 Å². The smallest absolute Gasteiger partial charge is 0.225 e. The SMILES string of the molecule is CCCNCc1cnc(N(C)Cc2ccc(Cl)s2)nc1C. The van der Waals surface area contributed by atoms with Gasteiger partial charge < -0.3 is 10.2 Å². The normalized spacial score (nSPS) is 10.9. The zero-order valence-corrected chi connectivity index (χ0v) is 14.3. The van der Waals surface area contributed by atoms with Gasteiger partial charge in [-0.15, -0.1) is 11.3 Å². The van der Waals surface area contributed by atoms with Crippen LogP contribution in [0.25, 0.3) is 0 Å². The summed E-state index contributed by atoms with van der Waals surface area (Å²) in [6.45, 7) is 6.80. The molecule has 0 bridgehead atoms. The zero-order valence-electron chi connectivity index (χ0n) is 12.7. The van der Waals surface area contributed by atoms with Gasteiger partial charge >= 0.3 is 0 Å². The van der Waals surface area contributed by atoms with E-state index in [1.54, 1.807) is 11.3 Å². The second-order valence-electron chi connectivity index (χ2n) is 5.02. The average Bonchev–Trinajstić information content (AvgIpc) is 2.86. The van der Waals surface area contributed by atoms with Crippen LogP contribution in [0.15, 0.2) is 18.3 Å². The number of thiophene rings is 1. The molecule has 1 N–H and O–H groups in total. The van der Waals surface area contributed by atoms with Crippen LogP contribution in [0, 0.1) is 6.92 Å². The van der Waals surface area contributed by atoms with E-state index >= 15 is 0 Å². The first-order valence-electron chi connectivity index (χ1n) is 7.08. The van der Waals surface area contributed by atoms with Crippen molar-refractivity contribution in [3.05, 3.63) is 38.8 Å². The molecule has 2 aromatic heterocycles. The highest BCUT2D eigenvalue weighted by Gasteiger charge is 2.09. The molecule has 0 spiro atoms. The van der Waals surface area contributed by atoms with Crippen LogP contribution in [-0.4, -0.2) is 23.6 Å². The summed E-state index contributed by atoms with van der Waals surface area (Å²) in [4.78, 5) is 12.3. The van der Waals surface area contributed by atoms with Gasteiger partial charge in [0.2, 0.25) is 5.95 Å². The van der Waals surface area contributed by atoms with Crippen LogP contribution in [0.3, 0.4) is 0 Å². The molecule has 2 heterocycles. The molecule has 114 valence electrons. The van der Waals surface area contributed by atoms with E-state index in [4.69, 9.17) is 11.6 Å². The van der Waals surface area contributed by atoms with E-state index in [0.29, 0.717) is 0 Å². The predicted octanol–water partition coefficient (Wildman–Crippen LogP) is 3.64. The van der Waals surface area contributed by atoms with E-state index in [0.717, 1.165) is 47.6 Å². The molecule has 0 aliphatic carbocycles. The molecule has 0 amide bonds. The number of rotatable bonds is 7. The highest BCUT2D eigenvalue weighted by atomic mass is 35.5. The summed E-state index contributed by atoms with van der Waals surface area (Å²) in [6, 6.07) is 3.96. The molecule has 0 radical (unpaired) electrons. The van der Waals surface area contributed by atoms with Crippen molar-refractivity contribution in [1.29, 1.82) is 0 Å². The fraction of sp³-hybridized carbons (Fsp3) is 0.467. The summed E-state index contributed by atoms with van der Waals surface area (Å²) in [5, 5.41) is 3.38. The lowest BCUT2D eigenvalue weighted by atomic mass is 10.2. The minimum atomic E-state index is 0.747. The van der Waals surface area contributed by atoms with Crippen molar-refractivity contribution in [1.82, 2.24) is 15.3 Å². The molecule has 2 rings (SSSR count). The minimum absolute atomic E-state index is 0.747. The van der Waals surface area contributed by atoms with Gasteiger partial charge in [-0.2, -0.15) is 0 Å². The van der Waals surface area contributed by atoms with Gasteiger partial charge in [-0.25, -0.2) is 9.97 Å². The Morgan fingerprint density at radius 1 is 1.38 bits per heavy atom. The van der Waals surface area contributed by atoms with Crippen LogP contribution in [-0.2, 0) is 13.1 Å². The third-order valence-corrected chi connectivity index (χ3v) is 4.39. The van der Waals surface area contributed by atoms with Crippen molar-refractivity contribution in [2.24, 2.45) is 0 Å². The van der Waals surface area contributed by atoms with Gasteiger partial charge in [-0.1, -0.05) is 18.5 Å². The number of nitrogens with one attached hydrogen (secondary N) is 1. The fourth-order valence-electron chi connectivity index (χ4n) is 1.98. The van der Waals surface area contributed by atoms with E-state index < -0.39 is 0 Å². The van der Waals surface area contributed by atoms with Gasteiger partial charge in [0.25, 0.3) is 0 Å². The molecule has 0 saturated carbocycles. The Bertz CT molecular complexity index is 585. The monoisotopic (exact) mass is 324 g/mol. The van der Waals surface area contributed by atoms with Crippen LogP contribution >= 0.6 is 22.9 Å². The van der Waals surface area contributed by atoms with Crippen LogP contribution in [0.4, 0.5) is 5.95 Å². The first-order valence-corrected chi connectivity index (χ1v) is 8.28. The molecule has 6 heteroatoms. The number of hydrogen-bond acceptors (Lipinski definition) is 5. The lowest BCUT2D eigenvalue weighted by Gasteiger charge is -2.17. The molecular formula is C15H21ClN4S. The molecule has 0 fully saturated rings. The van der Waals surface area contributed by atoms with Crippen molar-refractivity contribution < 1.29 is 0 Å². The molecule has 0 aromatic carbocycles. The van der Waals surface area contributed by atoms with Crippen LogP contribution in [0.2, 0.25) is 4.34 Å². The standard InChI is InChI=1S/C15H21ClN4S/c1-4-7-17-8-12-9-18-15(19-11(12)2)20(3)10-13-5-6-14(16)21-13/h5-6,9,17H,4,7-8,10H2,1-3H3. The summed E-state index contributed by atoms with van der Waals surface area (Å²) in [6.07, 6.45) is 3.04. The van der Waals surface area contributed by atoms with Gasteiger partial charge in [0, 0.05) is 35.9 Å². The maximum atomic E-state index is 5.96. The topological polar surface area (TPSA) is 41.1 Å². The van der Waals surface area contributed by atoms with E-state index in [9.17, 15) is 0 Å². The summed E-state index contributed by atoms with van der Waals surface area (Å²) < 4.78 is 0.813. The van der Waals surface area contributed by atoms with Crippen LogP contribution < -0.4 is 10.2 Å². The first-order chi connectivity index (χ1) is 10.1. The van der Waals surface area contributed by atoms with Gasteiger partial charge in [0.05, 0.1) is 10.9 Å². The van der Waals surface area contributed by atoms with Crippen molar-refractivity contribution >= 4 is 28.9 Å². The Labute approximate surface area is 135 Å². The predicted molar refractivity (Wildman–Crippen MR) is 90.2 cm³/mol. The molecule has 0 aliphatic heterocycles. The Kier molecular flexibility index (Phi) is 5.96. The Balaban J connectivity index is 2.01. The molecule has 0 saturated heterocycles. The van der Waals surface area contributed by atoms with Gasteiger partial charge in [0.15, 0.2) is 0 Å². The van der Waals surface area contributed by atoms with E-state index in [1.807, 2.05) is 37.2 Å². The lowest BCUT2D eigenvalue weighted by molar-refractivity contribution is 0.668. The summed E-state index contributed by atoms with van der Waals surface area (Å²) in [5.41, 5.74) is 2.18. The summed E-state index contributed by atoms with van der Waals surface area (Å²) in [7, 11) is 2.00. The van der Waals surface area contributed by atoms with Crippen molar-refractivity contribution in [3.63, 3.8) is 0 Å². The van der Waals surface area contributed by atoms with Gasteiger partial charge in [-0.3, -0.25) is 0 Å². The Morgan fingerprint density at radius 2 is 2.19 bits per heavy atom. The quantitative estimate of drug-likeness (QED) is 0.789. The maximum Gasteiger partial charge on any atom is 0.225 e. The summed E-state index contributed by atoms with van der Waals surface area (Å²) >= 11 is 7.55. The molecular weight excluding hydrogens is 304 g/mol. The maximum absolute atomic E-state index is 5.96. The number of aromatic nitrogens is 2. The number of anilines is 1. The summed E-state index contributed by atoms with van der Waals surface area (Å²) in [5.74, 6) is 0.747. The van der Waals surface area contributed by atoms with Crippen LogP contribution in [0.1, 0.15) is 29.5 Å². The van der Waals surface area contributed by atoms with Gasteiger partial charge in [-0.05, 0) is 32.0 Å². The fourth-order valence-corrected chi connectivity index (χ4v) is 3.12. The van der Waals surface area contributed by atoms with Crippen molar-refractivity contribution in [3.8, 4) is 0 Å². The zero-order chi connectivity index (χ0) is 15.2. The third kappa shape index (κ3) is 4.66.